The molecule has 26 heavy (non-hydrogen) atoms. The van der Waals surface area contributed by atoms with Crippen molar-refractivity contribution in [2.24, 2.45) is 0 Å². The Hall–Kier alpha value is -2.31. The molecular weight excluding hydrogens is 368 g/mol. The van der Waals surface area contributed by atoms with E-state index in [-0.39, 0.29) is 11.9 Å². The minimum Gasteiger partial charge on any atom is -0.353 e. The molecule has 2 N–H and O–H groups in total. The number of aromatic amines is 1. The molecule has 0 aliphatic carbocycles. The van der Waals surface area contributed by atoms with Crippen LogP contribution in [0.3, 0.4) is 0 Å². The first-order valence-electron chi connectivity index (χ1n) is 8.56. The second-order valence-corrected chi connectivity index (χ2v) is 7.74. The van der Waals surface area contributed by atoms with E-state index in [1.165, 1.54) is 4.88 Å². The normalized spacial score (nSPS) is 16.8. The molecule has 1 amide bonds. The summed E-state index contributed by atoms with van der Waals surface area (Å²) >= 11 is 7.82. The highest BCUT2D eigenvalue weighted by Gasteiger charge is 2.25. The maximum absolute atomic E-state index is 12.3. The van der Waals surface area contributed by atoms with Gasteiger partial charge in [-0.1, -0.05) is 35.9 Å². The van der Waals surface area contributed by atoms with Crippen LogP contribution < -0.4 is 10.2 Å². The summed E-state index contributed by atoms with van der Waals surface area (Å²) in [6.07, 6.45) is 1.22. The van der Waals surface area contributed by atoms with Crippen molar-refractivity contribution >= 4 is 34.7 Å². The number of thiophene rings is 1. The predicted octanol–water partition coefficient (Wildman–Crippen LogP) is 3.73. The van der Waals surface area contributed by atoms with Gasteiger partial charge in [0.1, 0.15) is 0 Å². The number of nitrogens with zero attached hydrogens (tertiary/aromatic N) is 2. The molecule has 7 heteroatoms. The van der Waals surface area contributed by atoms with Gasteiger partial charge in [0, 0.05) is 30.2 Å². The Labute approximate surface area is 161 Å². The van der Waals surface area contributed by atoms with Crippen LogP contribution in [0.5, 0.6) is 0 Å². The Morgan fingerprint density at radius 2 is 2.23 bits per heavy atom. The number of anilines is 1. The van der Waals surface area contributed by atoms with Gasteiger partial charge in [-0.2, -0.15) is 5.10 Å². The van der Waals surface area contributed by atoms with E-state index in [2.05, 4.69) is 37.9 Å². The SMILES string of the molecule is O=C(Cc1ccccc1Cl)NC1CCN(c2cc(-c3cccs3)[nH]n2)C1. The molecule has 0 saturated carbocycles. The van der Waals surface area contributed by atoms with E-state index in [4.69, 9.17) is 11.6 Å². The number of benzene rings is 1. The van der Waals surface area contributed by atoms with Gasteiger partial charge in [-0.3, -0.25) is 9.89 Å². The Morgan fingerprint density at radius 1 is 1.35 bits per heavy atom. The number of amides is 1. The molecule has 0 spiro atoms. The molecule has 5 nitrogen and oxygen atoms in total. The van der Waals surface area contributed by atoms with Crippen LogP contribution in [0.4, 0.5) is 5.82 Å². The predicted molar refractivity (Wildman–Crippen MR) is 106 cm³/mol. The molecule has 1 atom stereocenters. The van der Waals surface area contributed by atoms with Crippen molar-refractivity contribution in [3.8, 4) is 10.6 Å². The molecule has 134 valence electrons. The molecule has 1 aliphatic rings. The molecule has 3 heterocycles. The molecule has 0 radical (unpaired) electrons. The van der Waals surface area contributed by atoms with Crippen molar-refractivity contribution in [1.82, 2.24) is 15.5 Å². The van der Waals surface area contributed by atoms with Gasteiger partial charge in [-0.25, -0.2) is 0 Å². The van der Waals surface area contributed by atoms with E-state index in [1.54, 1.807) is 11.3 Å². The second kappa shape index (κ2) is 7.51. The number of carbonyl (C=O) groups is 1. The fraction of sp³-hybridized carbons (Fsp3) is 0.263. The Morgan fingerprint density at radius 3 is 3.04 bits per heavy atom. The van der Waals surface area contributed by atoms with Gasteiger partial charge in [0.05, 0.1) is 17.0 Å². The van der Waals surface area contributed by atoms with E-state index in [9.17, 15) is 4.79 Å². The van der Waals surface area contributed by atoms with Crippen LogP contribution in [-0.2, 0) is 11.2 Å². The third kappa shape index (κ3) is 3.76. The van der Waals surface area contributed by atoms with Crippen molar-refractivity contribution in [1.29, 1.82) is 0 Å². The third-order valence-corrected chi connectivity index (χ3v) is 5.81. The van der Waals surface area contributed by atoms with Gasteiger partial charge < -0.3 is 10.2 Å². The van der Waals surface area contributed by atoms with Crippen molar-refractivity contribution in [2.45, 2.75) is 18.9 Å². The third-order valence-electron chi connectivity index (χ3n) is 4.54. The highest BCUT2D eigenvalue weighted by atomic mass is 35.5. The molecule has 0 bridgehead atoms. The summed E-state index contributed by atoms with van der Waals surface area (Å²) in [4.78, 5) is 15.7. The second-order valence-electron chi connectivity index (χ2n) is 6.38. The van der Waals surface area contributed by atoms with E-state index in [0.29, 0.717) is 11.4 Å². The van der Waals surface area contributed by atoms with Crippen LogP contribution in [0, 0.1) is 0 Å². The van der Waals surface area contributed by atoms with Gasteiger partial charge in [0.15, 0.2) is 5.82 Å². The molecule has 1 aliphatic heterocycles. The lowest BCUT2D eigenvalue weighted by Crippen LogP contribution is -2.38. The van der Waals surface area contributed by atoms with Crippen molar-refractivity contribution < 1.29 is 4.79 Å². The topological polar surface area (TPSA) is 61.0 Å². The van der Waals surface area contributed by atoms with Crippen LogP contribution in [-0.4, -0.2) is 35.2 Å². The van der Waals surface area contributed by atoms with Crippen LogP contribution in [0.25, 0.3) is 10.6 Å². The number of hydrogen-bond acceptors (Lipinski definition) is 4. The lowest BCUT2D eigenvalue weighted by Gasteiger charge is -2.16. The number of H-pyrrole nitrogens is 1. The molecule has 3 aromatic rings. The van der Waals surface area contributed by atoms with Crippen LogP contribution in [0.15, 0.2) is 47.8 Å². The summed E-state index contributed by atoms with van der Waals surface area (Å²) in [5.74, 6) is 0.933. The quantitative estimate of drug-likeness (QED) is 0.702. The van der Waals surface area contributed by atoms with E-state index in [1.807, 2.05) is 30.3 Å². The standard InChI is InChI=1S/C19H19ClN4OS/c20-15-5-2-1-4-13(15)10-19(25)21-14-7-8-24(12-14)18-11-16(22-23-18)17-6-3-9-26-17/h1-6,9,11,14H,7-8,10,12H2,(H,21,25)(H,22,23). The maximum Gasteiger partial charge on any atom is 0.224 e. The average Bonchev–Trinajstić information content (AvgIpc) is 3.37. The Balaban J connectivity index is 1.34. The summed E-state index contributed by atoms with van der Waals surface area (Å²) in [7, 11) is 0. The van der Waals surface area contributed by atoms with Gasteiger partial charge in [0.2, 0.25) is 5.91 Å². The lowest BCUT2D eigenvalue weighted by molar-refractivity contribution is -0.121. The first-order chi connectivity index (χ1) is 12.7. The molecule has 4 rings (SSSR count). The van der Waals surface area contributed by atoms with Crippen LogP contribution in [0.2, 0.25) is 5.02 Å². The molecule has 1 unspecified atom stereocenters. The summed E-state index contributed by atoms with van der Waals surface area (Å²) < 4.78 is 0. The Kier molecular flexibility index (Phi) is 4.95. The van der Waals surface area contributed by atoms with Crippen molar-refractivity contribution in [3.05, 3.63) is 58.4 Å². The highest BCUT2D eigenvalue weighted by Crippen LogP contribution is 2.27. The van der Waals surface area contributed by atoms with Crippen molar-refractivity contribution in [2.75, 3.05) is 18.0 Å². The van der Waals surface area contributed by atoms with Gasteiger partial charge in [0.25, 0.3) is 0 Å². The molecule has 1 fully saturated rings. The largest absolute Gasteiger partial charge is 0.353 e. The molecule has 1 aromatic carbocycles. The maximum atomic E-state index is 12.3. The summed E-state index contributed by atoms with van der Waals surface area (Å²) in [5.41, 5.74) is 1.88. The van der Waals surface area contributed by atoms with Gasteiger partial charge in [-0.15, -0.1) is 11.3 Å². The molecule has 2 aromatic heterocycles. The minimum absolute atomic E-state index is 0.00579. The number of halogens is 1. The van der Waals surface area contributed by atoms with E-state index in [0.717, 1.165) is 36.6 Å². The fourth-order valence-electron chi connectivity index (χ4n) is 3.21. The fourth-order valence-corrected chi connectivity index (χ4v) is 4.11. The van der Waals surface area contributed by atoms with Crippen LogP contribution in [0.1, 0.15) is 12.0 Å². The smallest absolute Gasteiger partial charge is 0.224 e. The summed E-state index contributed by atoms with van der Waals surface area (Å²) in [6.45, 7) is 1.65. The van der Waals surface area contributed by atoms with Crippen molar-refractivity contribution in [3.63, 3.8) is 0 Å². The summed E-state index contributed by atoms with van der Waals surface area (Å²) in [6, 6.07) is 13.8. The number of hydrogen-bond donors (Lipinski definition) is 2. The monoisotopic (exact) mass is 386 g/mol. The number of carbonyl (C=O) groups excluding carboxylic acids is 1. The summed E-state index contributed by atoms with van der Waals surface area (Å²) in [5, 5.41) is 13.3. The number of aromatic nitrogens is 2. The zero-order valence-electron chi connectivity index (χ0n) is 14.1. The van der Waals surface area contributed by atoms with Crippen LogP contribution >= 0.6 is 22.9 Å². The minimum atomic E-state index is 0.00579. The number of rotatable bonds is 5. The average molecular weight is 387 g/mol. The van der Waals surface area contributed by atoms with E-state index < -0.39 is 0 Å². The Bertz CT molecular complexity index is 893. The number of nitrogens with one attached hydrogen (secondary N) is 2. The molecular formula is C19H19ClN4OS. The van der Waals surface area contributed by atoms with Gasteiger partial charge >= 0.3 is 0 Å². The first kappa shape index (κ1) is 17.1. The zero-order chi connectivity index (χ0) is 17.9. The molecule has 1 saturated heterocycles. The lowest BCUT2D eigenvalue weighted by atomic mass is 10.1. The van der Waals surface area contributed by atoms with Gasteiger partial charge in [-0.05, 0) is 29.5 Å². The highest BCUT2D eigenvalue weighted by molar-refractivity contribution is 7.13. The zero-order valence-corrected chi connectivity index (χ0v) is 15.7. The first-order valence-corrected chi connectivity index (χ1v) is 9.82. The van der Waals surface area contributed by atoms with E-state index >= 15 is 0 Å².